The predicted molar refractivity (Wildman–Crippen MR) is 69.7 cm³/mol. The molecule has 0 fully saturated rings. The highest BCUT2D eigenvalue weighted by atomic mass is 16.5. The first-order valence-corrected chi connectivity index (χ1v) is 5.94. The van der Waals surface area contributed by atoms with Gasteiger partial charge in [-0.05, 0) is 26.0 Å². The molecule has 1 N–H and O–H groups in total. The molecule has 1 aromatic heterocycles. The number of aliphatic hydroxyl groups excluding tert-OH is 1. The summed E-state index contributed by atoms with van der Waals surface area (Å²) < 4.78 is 7.06. The van der Waals surface area contributed by atoms with E-state index in [2.05, 4.69) is 5.10 Å². The molecular formula is C14H18N2O2. The number of hydrogen-bond acceptors (Lipinski definition) is 3. The lowest BCUT2D eigenvalue weighted by atomic mass is 10.1. The molecule has 0 saturated heterocycles. The fourth-order valence-corrected chi connectivity index (χ4v) is 2.06. The summed E-state index contributed by atoms with van der Waals surface area (Å²) in [6.07, 6.45) is -0.626. The van der Waals surface area contributed by atoms with Crippen molar-refractivity contribution in [3.63, 3.8) is 0 Å². The van der Waals surface area contributed by atoms with Gasteiger partial charge in [-0.3, -0.25) is 4.68 Å². The van der Waals surface area contributed by atoms with Gasteiger partial charge in [-0.1, -0.05) is 18.2 Å². The number of para-hydroxylation sites is 1. The summed E-state index contributed by atoms with van der Waals surface area (Å²) >= 11 is 0. The van der Waals surface area contributed by atoms with Crippen molar-refractivity contribution in [1.82, 2.24) is 9.78 Å². The molecule has 0 aliphatic carbocycles. The minimum absolute atomic E-state index is 0.431. The van der Waals surface area contributed by atoms with Crippen LogP contribution < -0.4 is 4.74 Å². The number of aromatic nitrogens is 2. The van der Waals surface area contributed by atoms with Gasteiger partial charge < -0.3 is 9.84 Å². The van der Waals surface area contributed by atoms with Crippen LogP contribution in [0.5, 0.6) is 5.75 Å². The Labute approximate surface area is 107 Å². The van der Waals surface area contributed by atoms with E-state index < -0.39 is 6.10 Å². The number of rotatable bonds is 4. The highest BCUT2D eigenvalue weighted by Crippen LogP contribution is 2.25. The molecule has 0 bridgehead atoms. The van der Waals surface area contributed by atoms with Crippen molar-refractivity contribution in [1.29, 1.82) is 0 Å². The SMILES string of the molecule is COc1ccccc1C(O)Cn1nc(C)cc1C. The van der Waals surface area contributed by atoms with E-state index in [0.717, 1.165) is 17.0 Å². The minimum Gasteiger partial charge on any atom is -0.496 e. The molecule has 96 valence electrons. The van der Waals surface area contributed by atoms with Crippen LogP contribution in [0.4, 0.5) is 0 Å². The Hall–Kier alpha value is -1.81. The topological polar surface area (TPSA) is 47.3 Å². The van der Waals surface area contributed by atoms with E-state index >= 15 is 0 Å². The molecule has 0 saturated carbocycles. The molecule has 0 spiro atoms. The third-order valence-electron chi connectivity index (χ3n) is 2.95. The van der Waals surface area contributed by atoms with Crippen molar-refractivity contribution >= 4 is 0 Å². The lowest BCUT2D eigenvalue weighted by Gasteiger charge is -2.15. The maximum Gasteiger partial charge on any atom is 0.124 e. The summed E-state index contributed by atoms with van der Waals surface area (Å²) in [5, 5.41) is 14.6. The number of hydrogen-bond donors (Lipinski definition) is 1. The highest BCUT2D eigenvalue weighted by Gasteiger charge is 2.14. The molecule has 2 aromatic rings. The van der Waals surface area contributed by atoms with Crippen LogP contribution in [0.3, 0.4) is 0 Å². The van der Waals surface area contributed by atoms with Crippen molar-refractivity contribution in [2.24, 2.45) is 0 Å². The molecule has 1 aromatic carbocycles. The molecule has 2 rings (SSSR count). The number of aryl methyl sites for hydroxylation is 2. The maximum absolute atomic E-state index is 10.3. The largest absolute Gasteiger partial charge is 0.496 e. The van der Waals surface area contributed by atoms with Crippen LogP contribution in [0.2, 0.25) is 0 Å². The molecule has 4 heteroatoms. The van der Waals surface area contributed by atoms with Crippen LogP contribution in [-0.4, -0.2) is 22.0 Å². The van der Waals surface area contributed by atoms with Crippen LogP contribution in [0.15, 0.2) is 30.3 Å². The van der Waals surface area contributed by atoms with Crippen molar-refractivity contribution in [3.05, 3.63) is 47.3 Å². The van der Waals surface area contributed by atoms with Crippen molar-refractivity contribution < 1.29 is 9.84 Å². The van der Waals surface area contributed by atoms with Gasteiger partial charge in [0, 0.05) is 11.3 Å². The Balaban J connectivity index is 2.21. The smallest absolute Gasteiger partial charge is 0.124 e. The normalized spacial score (nSPS) is 12.4. The average Bonchev–Trinajstić information content (AvgIpc) is 2.67. The van der Waals surface area contributed by atoms with Crippen molar-refractivity contribution in [2.75, 3.05) is 7.11 Å². The third-order valence-corrected chi connectivity index (χ3v) is 2.95. The molecule has 0 amide bonds. The van der Waals surface area contributed by atoms with E-state index in [0.29, 0.717) is 12.3 Å². The monoisotopic (exact) mass is 246 g/mol. The zero-order valence-corrected chi connectivity index (χ0v) is 10.9. The zero-order chi connectivity index (χ0) is 13.1. The number of aliphatic hydroxyl groups is 1. The Morgan fingerprint density at radius 2 is 2.06 bits per heavy atom. The summed E-state index contributed by atoms with van der Waals surface area (Å²) in [4.78, 5) is 0. The van der Waals surface area contributed by atoms with Gasteiger partial charge in [-0.15, -0.1) is 0 Å². The zero-order valence-electron chi connectivity index (χ0n) is 10.9. The molecule has 0 radical (unpaired) electrons. The first-order chi connectivity index (χ1) is 8.61. The summed E-state index contributed by atoms with van der Waals surface area (Å²) in [5.41, 5.74) is 2.79. The van der Waals surface area contributed by atoms with E-state index in [1.165, 1.54) is 0 Å². The highest BCUT2D eigenvalue weighted by molar-refractivity contribution is 5.34. The van der Waals surface area contributed by atoms with Gasteiger partial charge in [0.2, 0.25) is 0 Å². The molecule has 18 heavy (non-hydrogen) atoms. The first-order valence-electron chi connectivity index (χ1n) is 5.94. The standard InChI is InChI=1S/C14H18N2O2/c1-10-8-11(2)16(15-10)9-13(17)12-6-4-5-7-14(12)18-3/h4-8,13,17H,9H2,1-3H3. The van der Waals surface area contributed by atoms with Crippen LogP contribution in [0.25, 0.3) is 0 Å². The van der Waals surface area contributed by atoms with E-state index in [1.807, 2.05) is 48.9 Å². The lowest BCUT2D eigenvalue weighted by Crippen LogP contribution is -2.12. The maximum atomic E-state index is 10.3. The van der Waals surface area contributed by atoms with Gasteiger partial charge in [0.1, 0.15) is 11.9 Å². The predicted octanol–water partition coefficient (Wildman–Crippen LogP) is 2.24. The second kappa shape index (κ2) is 5.23. The average molecular weight is 246 g/mol. The summed E-state index contributed by atoms with van der Waals surface area (Å²) in [6.45, 7) is 4.36. The Bertz CT molecular complexity index is 534. The van der Waals surface area contributed by atoms with Crippen LogP contribution in [0, 0.1) is 13.8 Å². The molecule has 4 nitrogen and oxygen atoms in total. The number of benzene rings is 1. The van der Waals surface area contributed by atoms with E-state index in [9.17, 15) is 5.11 Å². The van der Waals surface area contributed by atoms with Gasteiger partial charge in [0.15, 0.2) is 0 Å². The molecule has 0 aliphatic heterocycles. The van der Waals surface area contributed by atoms with Gasteiger partial charge in [-0.2, -0.15) is 5.10 Å². The summed E-state index contributed by atoms with van der Waals surface area (Å²) in [7, 11) is 1.61. The number of methoxy groups -OCH3 is 1. The Morgan fingerprint density at radius 1 is 1.33 bits per heavy atom. The molecule has 1 unspecified atom stereocenters. The molecular weight excluding hydrogens is 228 g/mol. The number of nitrogens with zero attached hydrogens (tertiary/aromatic N) is 2. The second-order valence-electron chi connectivity index (χ2n) is 4.37. The fraction of sp³-hybridized carbons (Fsp3) is 0.357. The Kier molecular flexibility index (Phi) is 3.67. The number of ether oxygens (including phenoxy) is 1. The van der Waals surface area contributed by atoms with Crippen molar-refractivity contribution in [3.8, 4) is 5.75 Å². The second-order valence-corrected chi connectivity index (χ2v) is 4.37. The van der Waals surface area contributed by atoms with Gasteiger partial charge >= 0.3 is 0 Å². The Morgan fingerprint density at radius 3 is 2.67 bits per heavy atom. The third kappa shape index (κ3) is 2.54. The summed E-state index contributed by atoms with van der Waals surface area (Å²) in [6, 6.07) is 9.49. The van der Waals surface area contributed by atoms with Crippen LogP contribution in [-0.2, 0) is 6.54 Å². The van der Waals surface area contributed by atoms with Gasteiger partial charge in [0.05, 0.1) is 19.3 Å². The van der Waals surface area contributed by atoms with Crippen LogP contribution >= 0.6 is 0 Å². The lowest BCUT2D eigenvalue weighted by molar-refractivity contribution is 0.147. The minimum atomic E-state index is -0.626. The fourth-order valence-electron chi connectivity index (χ4n) is 2.06. The van der Waals surface area contributed by atoms with E-state index in [-0.39, 0.29) is 0 Å². The van der Waals surface area contributed by atoms with Crippen molar-refractivity contribution in [2.45, 2.75) is 26.5 Å². The van der Waals surface area contributed by atoms with E-state index in [4.69, 9.17) is 4.74 Å². The molecule has 1 atom stereocenters. The summed E-state index contributed by atoms with van der Waals surface area (Å²) in [5.74, 6) is 0.700. The first kappa shape index (κ1) is 12.6. The van der Waals surface area contributed by atoms with Crippen LogP contribution in [0.1, 0.15) is 23.1 Å². The molecule has 1 heterocycles. The quantitative estimate of drug-likeness (QED) is 0.900. The van der Waals surface area contributed by atoms with E-state index in [1.54, 1.807) is 7.11 Å². The van der Waals surface area contributed by atoms with Gasteiger partial charge in [0.25, 0.3) is 0 Å². The van der Waals surface area contributed by atoms with Gasteiger partial charge in [-0.25, -0.2) is 0 Å². The molecule has 0 aliphatic rings.